The van der Waals surface area contributed by atoms with Crippen LogP contribution in [0, 0.1) is 0 Å². The molecule has 23 heavy (non-hydrogen) atoms. The van der Waals surface area contributed by atoms with E-state index in [1.54, 1.807) is 6.92 Å². The molecule has 1 heterocycles. The molecule has 2 aromatic rings. The third-order valence-electron chi connectivity index (χ3n) is 3.61. The van der Waals surface area contributed by atoms with Gasteiger partial charge in [-0.1, -0.05) is 48.6 Å². The monoisotopic (exact) mass is 335 g/mol. The summed E-state index contributed by atoms with van der Waals surface area (Å²) in [6, 6.07) is 8.30. The molecule has 1 atom stereocenters. The van der Waals surface area contributed by atoms with Gasteiger partial charge in [0.15, 0.2) is 0 Å². The summed E-state index contributed by atoms with van der Waals surface area (Å²) in [5, 5.41) is 18.7. The van der Waals surface area contributed by atoms with Crippen LogP contribution >= 0.6 is 11.3 Å². The lowest BCUT2D eigenvalue weighted by molar-refractivity contribution is -0.141. The second kappa shape index (κ2) is 7.23. The van der Waals surface area contributed by atoms with Crippen LogP contribution in [0.5, 0.6) is 0 Å². The van der Waals surface area contributed by atoms with E-state index in [1.165, 1.54) is 0 Å². The van der Waals surface area contributed by atoms with Gasteiger partial charge in [-0.2, -0.15) is 0 Å². The SMILES string of the molecule is CCc1c(C(=O)O)sc(=O)n1C(CCc1ccccc1)C(=O)O. The van der Waals surface area contributed by atoms with Crippen molar-refractivity contribution in [3.05, 3.63) is 56.1 Å². The number of hydrogen-bond donors (Lipinski definition) is 2. The Bertz CT molecular complexity index is 763. The molecule has 122 valence electrons. The predicted molar refractivity (Wildman–Crippen MR) is 86.4 cm³/mol. The number of carbonyl (C=O) groups is 2. The van der Waals surface area contributed by atoms with Crippen molar-refractivity contribution in [3.63, 3.8) is 0 Å². The summed E-state index contributed by atoms with van der Waals surface area (Å²) < 4.78 is 1.12. The minimum atomic E-state index is -1.20. The van der Waals surface area contributed by atoms with Crippen molar-refractivity contribution >= 4 is 23.3 Å². The molecule has 0 aliphatic rings. The minimum absolute atomic E-state index is 0.0801. The second-order valence-electron chi connectivity index (χ2n) is 5.05. The topological polar surface area (TPSA) is 96.6 Å². The summed E-state index contributed by atoms with van der Waals surface area (Å²) in [4.78, 5) is 34.4. The van der Waals surface area contributed by atoms with Gasteiger partial charge in [0.05, 0.1) is 0 Å². The van der Waals surface area contributed by atoms with Crippen molar-refractivity contribution in [2.75, 3.05) is 0 Å². The zero-order valence-corrected chi connectivity index (χ0v) is 13.4. The molecular formula is C16H17NO5S. The maximum absolute atomic E-state index is 12.1. The quantitative estimate of drug-likeness (QED) is 0.810. The molecule has 0 saturated carbocycles. The normalized spacial score (nSPS) is 12.0. The van der Waals surface area contributed by atoms with Crippen LogP contribution in [0.1, 0.15) is 40.3 Å². The molecule has 7 heteroatoms. The van der Waals surface area contributed by atoms with Gasteiger partial charge in [-0.3, -0.25) is 9.36 Å². The van der Waals surface area contributed by atoms with Gasteiger partial charge >= 0.3 is 16.8 Å². The Kier molecular flexibility index (Phi) is 5.33. The van der Waals surface area contributed by atoms with E-state index >= 15 is 0 Å². The highest BCUT2D eigenvalue weighted by Crippen LogP contribution is 2.22. The Morgan fingerprint density at radius 2 is 1.87 bits per heavy atom. The summed E-state index contributed by atoms with van der Waals surface area (Å²) in [7, 11) is 0. The van der Waals surface area contributed by atoms with E-state index in [4.69, 9.17) is 0 Å². The Morgan fingerprint density at radius 3 is 2.39 bits per heavy atom. The van der Waals surface area contributed by atoms with Gasteiger partial charge in [0.2, 0.25) is 0 Å². The third kappa shape index (κ3) is 3.68. The number of carboxylic acids is 2. The number of carboxylic acid groups (broad SMARTS) is 2. The number of aliphatic carboxylic acids is 1. The van der Waals surface area contributed by atoms with Gasteiger partial charge in [-0.05, 0) is 24.8 Å². The second-order valence-corrected chi connectivity index (χ2v) is 6.01. The largest absolute Gasteiger partial charge is 0.480 e. The van der Waals surface area contributed by atoms with Gasteiger partial charge in [-0.15, -0.1) is 0 Å². The number of benzene rings is 1. The number of aryl methyl sites for hydroxylation is 1. The van der Waals surface area contributed by atoms with Gasteiger partial charge in [-0.25, -0.2) is 9.59 Å². The maximum Gasteiger partial charge on any atom is 0.347 e. The van der Waals surface area contributed by atoms with Crippen molar-refractivity contribution < 1.29 is 19.8 Å². The lowest BCUT2D eigenvalue weighted by atomic mass is 10.0. The third-order valence-corrected chi connectivity index (χ3v) is 4.60. The van der Waals surface area contributed by atoms with E-state index in [0.29, 0.717) is 17.8 Å². The van der Waals surface area contributed by atoms with Crippen LogP contribution in [0.4, 0.5) is 0 Å². The maximum atomic E-state index is 12.1. The Hall–Kier alpha value is -2.41. The molecule has 2 N–H and O–H groups in total. The smallest absolute Gasteiger partial charge is 0.347 e. The molecule has 2 rings (SSSR count). The van der Waals surface area contributed by atoms with Crippen LogP contribution < -0.4 is 4.87 Å². The molecule has 0 radical (unpaired) electrons. The van der Waals surface area contributed by atoms with Crippen LogP contribution in [-0.2, 0) is 17.6 Å². The van der Waals surface area contributed by atoms with Crippen molar-refractivity contribution in [1.82, 2.24) is 4.57 Å². The summed E-state index contributed by atoms with van der Waals surface area (Å²) in [5.41, 5.74) is 1.24. The summed E-state index contributed by atoms with van der Waals surface area (Å²) in [5.74, 6) is -2.33. The molecular weight excluding hydrogens is 318 g/mol. The van der Waals surface area contributed by atoms with Gasteiger partial charge in [0.1, 0.15) is 10.9 Å². The van der Waals surface area contributed by atoms with Crippen LogP contribution in [0.2, 0.25) is 0 Å². The number of nitrogens with zero attached hydrogens (tertiary/aromatic N) is 1. The van der Waals surface area contributed by atoms with Crippen LogP contribution in [0.15, 0.2) is 35.1 Å². The van der Waals surface area contributed by atoms with Crippen molar-refractivity contribution in [3.8, 4) is 0 Å². The first-order valence-corrected chi connectivity index (χ1v) is 8.01. The van der Waals surface area contributed by atoms with Gasteiger partial charge in [0.25, 0.3) is 0 Å². The van der Waals surface area contributed by atoms with Crippen LogP contribution in [-0.4, -0.2) is 26.7 Å². The fraction of sp³-hybridized carbons (Fsp3) is 0.312. The molecule has 0 amide bonds. The molecule has 6 nitrogen and oxygen atoms in total. The average molecular weight is 335 g/mol. The van der Waals surface area contributed by atoms with E-state index in [-0.39, 0.29) is 23.4 Å². The van der Waals surface area contributed by atoms with E-state index in [9.17, 15) is 24.6 Å². The Morgan fingerprint density at radius 1 is 1.22 bits per heavy atom. The standard InChI is InChI=1S/C16H17NO5S/c1-2-11-13(15(20)21)23-16(22)17(11)12(14(18)19)9-8-10-6-4-3-5-7-10/h3-7,12H,2,8-9H2,1H3,(H,18,19)(H,20,21). The van der Waals surface area contributed by atoms with Crippen LogP contribution in [0.3, 0.4) is 0 Å². The summed E-state index contributed by atoms with van der Waals surface area (Å²) in [6.07, 6.45) is 1.00. The van der Waals surface area contributed by atoms with Gasteiger partial charge in [0, 0.05) is 5.69 Å². The molecule has 1 aromatic heterocycles. The van der Waals surface area contributed by atoms with Gasteiger partial charge < -0.3 is 10.2 Å². The molecule has 0 fully saturated rings. The zero-order chi connectivity index (χ0) is 17.0. The van der Waals surface area contributed by atoms with Crippen molar-refractivity contribution in [1.29, 1.82) is 0 Å². The first-order chi connectivity index (χ1) is 11.0. The Balaban J connectivity index is 2.36. The van der Waals surface area contributed by atoms with Crippen molar-refractivity contribution in [2.24, 2.45) is 0 Å². The first kappa shape index (κ1) is 17.0. The van der Waals surface area contributed by atoms with Crippen LogP contribution in [0.25, 0.3) is 0 Å². The van der Waals surface area contributed by atoms with Crippen molar-refractivity contribution in [2.45, 2.75) is 32.2 Å². The number of hydrogen-bond acceptors (Lipinski definition) is 4. The number of aromatic nitrogens is 1. The average Bonchev–Trinajstić information content (AvgIpc) is 2.85. The molecule has 0 aliphatic carbocycles. The molecule has 1 aromatic carbocycles. The lowest BCUT2D eigenvalue weighted by Gasteiger charge is -2.16. The summed E-state index contributed by atoms with van der Waals surface area (Å²) >= 11 is 0.586. The number of thiazole rings is 1. The lowest BCUT2D eigenvalue weighted by Crippen LogP contribution is -2.28. The molecule has 0 aliphatic heterocycles. The highest BCUT2D eigenvalue weighted by atomic mass is 32.1. The Labute approximate surface area is 136 Å². The molecule has 1 unspecified atom stereocenters. The summed E-state index contributed by atoms with van der Waals surface area (Å²) in [6.45, 7) is 1.71. The highest BCUT2D eigenvalue weighted by molar-refractivity contribution is 7.11. The zero-order valence-electron chi connectivity index (χ0n) is 12.6. The van der Waals surface area contributed by atoms with E-state index in [2.05, 4.69) is 0 Å². The highest BCUT2D eigenvalue weighted by Gasteiger charge is 2.28. The minimum Gasteiger partial charge on any atom is -0.480 e. The van der Waals surface area contributed by atoms with E-state index < -0.39 is 22.9 Å². The van der Waals surface area contributed by atoms with E-state index in [0.717, 1.165) is 10.1 Å². The van der Waals surface area contributed by atoms with E-state index in [1.807, 2.05) is 30.3 Å². The fourth-order valence-corrected chi connectivity index (χ4v) is 3.50. The molecule has 0 spiro atoms. The first-order valence-electron chi connectivity index (χ1n) is 7.20. The molecule has 0 bridgehead atoms. The fourth-order valence-electron chi connectivity index (χ4n) is 2.54. The number of rotatable bonds is 7. The predicted octanol–water partition coefficient (Wildman–Crippen LogP) is 2.43. The number of aromatic carboxylic acids is 1. The molecule has 0 saturated heterocycles.